The summed E-state index contributed by atoms with van der Waals surface area (Å²) in [6.07, 6.45) is 0. The number of hydrogen-bond donors (Lipinski definition) is 2. The van der Waals surface area contributed by atoms with Crippen LogP contribution in [0.5, 0.6) is 0 Å². The summed E-state index contributed by atoms with van der Waals surface area (Å²) in [5, 5.41) is 11.8. The van der Waals surface area contributed by atoms with Gasteiger partial charge in [0.15, 0.2) is 5.82 Å². The van der Waals surface area contributed by atoms with Crippen LogP contribution in [0.1, 0.15) is 6.92 Å². The predicted octanol–water partition coefficient (Wildman–Crippen LogP) is 4.97. The number of benzene rings is 1. The SMILES string of the molecule is C[C@@H](Sc1n[nH]c(-c2cccs2)n1)C(=O)Nc1ccc(SC(F)F)cc1. The van der Waals surface area contributed by atoms with E-state index >= 15 is 0 Å². The molecule has 0 saturated heterocycles. The number of aromatic nitrogens is 3. The van der Waals surface area contributed by atoms with Crippen molar-refractivity contribution in [2.75, 3.05) is 5.32 Å². The van der Waals surface area contributed by atoms with E-state index < -0.39 is 11.0 Å². The average molecular weight is 413 g/mol. The minimum absolute atomic E-state index is 0.216. The van der Waals surface area contributed by atoms with Crippen LogP contribution in [0.25, 0.3) is 10.7 Å². The Bertz CT molecular complexity index is 853. The van der Waals surface area contributed by atoms with E-state index in [0.717, 1.165) is 4.88 Å². The van der Waals surface area contributed by atoms with Gasteiger partial charge in [-0.15, -0.1) is 16.4 Å². The molecule has 1 aromatic carbocycles. The topological polar surface area (TPSA) is 70.7 Å². The van der Waals surface area contributed by atoms with Gasteiger partial charge >= 0.3 is 0 Å². The van der Waals surface area contributed by atoms with Gasteiger partial charge in [0.25, 0.3) is 5.76 Å². The highest BCUT2D eigenvalue weighted by Crippen LogP contribution is 2.28. The zero-order chi connectivity index (χ0) is 18.5. The average Bonchev–Trinajstić information content (AvgIpc) is 3.27. The van der Waals surface area contributed by atoms with E-state index in [-0.39, 0.29) is 5.91 Å². The molecular weight excluding hydrogens is 398 g/mol. The van der Waals surface area contributed by atoms with E-state index in [4.69, 9.17) is 0 Å². The molecule has 2 heterocycles. The van der Waals surface area contributed by atoms with Crippen molar-refractivity contribution < 1.29 is 13.6 Å². The van der Waals surface area contributed by atoms with Crippen LogP contribution < -0.4 is 5.32 Å². The summed E-state index contributed by atoms with van der Waals surface area (Å²) in [6, 6.07) is 10.2. The van der Waals surface area contributed by atoms with Crippen LogP contribution in [-0.4, -0.2) is 32.1 Å². The van der Waals surface area contributed by atoms with Crippen molar-refractivity contribution in [1.82, 2.24) is 15.2 Å². The van der Waals surface area contributed by atoms with Crippen LogP contribution in [0, 0.1) is 0 Å². The maximum atomic E-state index is 12.3. The Balaban J connectivity index is 1.56. The third-order valence-corrected chi connectivity index (χ3v) is 5.78. The quantitative estimate of drug-likeness (QED) is 0.536. The van der Waals surface area contributed by atoms with Crippen LogP contribution >= 0.6 is 34.9 Å². The number of anilines is 1. The summed E-state index contributed by atoms with van der Waals surface area (Å²) in [7, 11) is 0. The molecule has 0 saturated carbocycles. The summed E-state index contributed by atoms with van der Waals surface area (Å²) < 4.78 is 24.6. The Hall–Kier alpha value is -1.91. The normalized spacial score (nSPS) is 12.3. The van der Waals surface area contributed by atoms with Crippen molar-refractivity contribution in [1.29, 1.82) is 0 Å². The molecule has 0 bridgehead atoms. The Labute approximate surface area is 161 Å². The molecule has 136 valence electrons. The highest BCUT2D eigenvalue weighted by atomic mass is 32.2. The number of hydrogen-bond acceptors (Lipinski definition) is 6. The van der Waals surface area contributed by atoms with Crippen molar-refractivity contribution in [2.45, 2.75) is 28.0 Å². The van der Waals surface area contributed by atoms with Crippen LogP contribution in [0.2, 0.25) is 0 Å². The number of thioether (sulfide) groups is 2. The van der Waals surface area contributed by atoms with Gasteiger partial charge in [-0.1, -0.05) is 29.6 Å². The largest absolute Gasteiger partial charge is 0.325 e. The first-order valence-corrected chi connectivity index (χ1v) is 10.1. The standard InChI is InChI=1S/C16H14F2N4OS3/c1-9(25-16-20-13(21-22-16)12-3-2-8-24-12)14(23)19-10-4-6-11(7-5-10)26-15(17)18/h2-9,15H,1H3,(H,19,23)(H,20,21,22)/t9-/m1/s1. The Morgan fingerprint density at radius 2 is 2.00 bits per heavy atom. The molecule has 2 N–H and O–H groups in total. The molecule has 1 atom stereocenters. The third-order valence-electron chi connectivity index (χ3n) is 3.22. The fourth-order valence-electron chi connectivity index (χ4n) is 2.00. The molecule has 1 amide bonds. The summed E-state index contributed by atoms with van der Waals surface area (Å²) in [6.45, 7) is 1.75. The first-order chi connectivity index (χ1) is 12.5. The van der Waals surface area contributed by atoms with Gasteiger partial charge in [-0.25, -0.2) is 4.98 Å². The van der Waals surface area contributed by atoms with Gasteiger partial charge in [0.2, 0.25) is 11.1 Å². The number of alkyl halides is 2. The van der Waals surface area contributed by atoms with Crippen molar-refractivity contribution >= 4 is 46.5 Å². The van der Waals surface area contributed by atoms with Gasteiger partial charge < -0.3 is 5.32 Å². The number of thiophene rings is 1. The van der Waals surface area contributed by atoms with Gasteiger partial charge in [-0.05, 0) is 42.6 Å². The lowest BCUT2D eigenvalue weighted by Gasteiger charge is -2.10. The number of halogens is 2. The fraction of sp³-hybridized carbons (Fsp3) is 0.188. The second-order valence-corrected chi connectivity index (χ2v) is 8.42. The van der Waals surface area contributed by atoms with Gasteiger partial charge in [-0.3, -0.25) is 9.89 Å². The Morgan fingerprint density at radius 1 is 1.23 bits per heavy atom. The van der Waals surface area contributed by atoms with Crippen LogP contribution in [0.4, 0.5) is 14.5 Å². The summed E-state index contributed by atoms with van der Waals surface area (Å²) in [4.78, 5) is 18.1. The second kappa shape index (κ2) is 8.65. The van der Waals surface area contributed by atoms with Crippen molar-refractivity contribution in [3.63, 3.8) is 0 Å². The maximum Gasteiger partial charge on any atom is 0.288 e. The van der Waals surface area contributed by atoms with Crippen molar-refractivity contribution in [3.05, 3.63) is 41.8 Å². The molecule has 10 heteroatoms. The molecule has 0 spiro atoms. The highest BCUT2D eigenvalue weighted by molar-refractivity contribution is 8.00. The zero-order valence-corrected chi connectivity index (χ0v) is 15.9. The van der Waals surface area contributed by atoms with E-state index in [1.165, 1.54) is 11.8 Å². The highest BCUT2D eigenvalue weighted by Gasteiger charge is 2.18. The lowest BCUT2D eigenvalue weighted by Crippen LogP contribution is -2.22. The van der Waals surface area contributed by atoms with E-state index in [9.17, 15) is 13.6 Å². The number of H-pyrrole nitrogens is 1. The maximum absolute atomic E-state index is 12.3. The summed E-state index contributed by atoms with van der Waals surface area (Å²) in [5.74, 6) is -2.01. The smallest absolute Gasteiger partial charge is 0.288 e. The number of amides is 1. The predicted molar refractivity (Wildman–Crippen MR) is 102 cm³/mol. The van der Waals surface area contributed by atoms with Gasteiger partial charge in [0, 0.05) is 10.6 Å². The van der Waals surface area contributed by atoms with Gasteiger partial charge in [0.1, 0.15) is 0 Å². The van der Waals surface area contributed by atoms with E-state index in [0.29, 0.717) is 33.3 Å². The lowest BCUT2D eigenvalue weighted by molar-refractivity contribution is -0.115. The molecule has 2 aromatic heterocycles. The molecule has 0 radical (unpaired) electrons. The van der Waals surface area contributed by atoms with E-state index in [1.54, 1.807) is 42.5 Å². The molecule has 0 unspecified atom stereocenters. The number of rotatable bonds is 7. The molecule has 0 aliphatic heterocycles. The van der Waals surface area contributed by atoms with E-state index in [2.05, 4.69) is 20.5 Å². The number of nitrogens with zero attached hydrogens (tertiary/aromatic N) is 2. The van der Waals surface area contributed by atoms with Crippen molar-refractivity contribution in [3.8, 4) is 10.7 Å². The summed E-state index contributed by atoms with van der Waals surface area (Å²) >= 11 is 3.25. The molecule has 3 aromatic rings. The van der Waals surface area contributed by atoms with Crippen molar-refractivity contribution in [2.24, 2.45) is 0 Å². The molecule has 0 aliphatic rings. The number of carbonyl (C=O) groups excluding carboxylic acids is 1. The zero-order valence-electron chi connectivity index (χ0n) is 13.5. The molecule has 0 aliphatic carbocycles. The summed E-state index contributed by atoms with van der Waals surface area (Å²) in [5.41, 5.74) is 0.551. The minimum Gasteiger partial charge on any atom is -0.325 e. The van der Waals surface area contributed by atoms with Gasteiger partial charge in [-0.2, -0.15) is 8.78 Å². The fourth-order valence-corrected chi connectivity index (χ4v) is 3.89. The third kappa shape index (κ3) is 5.05. The number of carbonyl (C=O) groups is 1. The number of aromatic amines is 1. The molecule has 5 nitrogen and oxygen atoms in total. The first-order valence-electron chi connectivity index (χ1n) is 7.50. The molecular formula is C16H14F2N4OS3. The van der Waals surface area contributed by atoms with Crippen LogP contribution in [-0.2, 0) is 4.79 Å². The Kier molecular flexibility index (Phi) is 6.28. The lowest BCUT2D eigenvalue weighted by atomic mass is 10.3. The molecule has 3 rings (SSSR count). The van der Waals surface area contributed by atoms with E-state index in [1.807, 2.05) is 17.5 Å². The molecule has 26 heavy (non-hydrogen) atoms. The Morgan fingerprint density at radius 3 is 2.65 bits per heavy atom. The number of nitrogens with one attached hydrogen (secondary N) is 2. The second-order valence-electron chi connectivity index (χ2n) is 5.10. The minimum atomic E-state index is -2.47. The molecule has 0 fully saturated rings. The van der Waals surface area contributed by atoms with Crippen LogP contribution in [0.15, 0.2) is 51.8 Å². The van der Waals surface area contributed by atoms with Gasteiger partial charge in [0.05, 0.1) is 10.1 Å². The van der Waals surface area contributed by atoms with Crippen LogP contribution in [0.3, 0.4) is 0 Å². The monoisotopic (exact) mass is 412 g/mol. The first kappa shape index (κ1) is 18.9.